The summed E-state index contributed by atoms with van der Waals surface area (Å²) in [6, 6.07) is 5.93. The van der Waals surface area contributed by atoms with Crippen molar-refractivity contribution in [2.75, 3.05) is 5.32 Å². The minimum atomic E-state index is -4.42. The topological polar surface area (TPSA) is 59.8 Å². The maximum Gasteiger partial charge on any atom is 0.416 e. The number of fused-ring (bicyclic) bond motifs is 1. The Morgan fingerprint density at radius 3 is 2.50 bits per heavy atom. The second-order valence-electron chi connectivity index (χ2n) is 5.75. The Kier molecular flexibility index (Phi) is 4.88. The fraction of sp³-hybridized carbons (Fsp3) is 0.105. The summed E-state index contributed by atoms with van der Waals surface area (Å²) in [6.45, 7) is 2.91. The molecular formula is C19H12F4N4O. The van der Waals surface area contributed by atoms with Crippen LogP contribution in [-0.2, 0) is 18.0 Å². The van der Waals surface area contributed by atoms with E-state index in [1.165, 1.54) is 29.1 Å². The molecular weight excluding hydrogens is 376 g/mol. The summed E-state index contributed by atoms with van der Waals surface area (Å²) in [6.07, 6.45) is -3.08. The number of hydrogen-bond donors (Lipinski definition) is 1. The van der Waals surface area contributed by atoms with Crippen molar-refractivity contribution in [3.05, 3.63) is 65.8 Å². The maximum absolute atomic E-state index is 12.9. The average Bonchev–Trinajstić information content (AvgIpc) is 2.95. The lowest BCUT2D eigenvalue weighted by atomic mass is 10.1. The van der Waals surface area contributed by atoms with E-state index < -0.39 is 23.5 Å². The van der Waals surface area contributed by atoms with Gasteiger partial charge in [-0.25, -0.2) is 14.1 Å². The van der Waals surface area contributed by atoms with Crippen molar-refractivity contribution in [2.24, 2.45) is 7.05 Å². The van der Waals surface area contributed by atoms with Gasteiger partial charge < -0.3 is 5.32 Å². The molecule has 0 aliphatic rings. The Morgan fingerprint density at radius 1 is 1.21 bits per heavy atom. The number of anilines is 1. The van der Waals surface area contributed by atoms with Crippen LogP contribution in [0.2, 0.25) is 0 Å². The number of hydrogen-bond acceptors (Lipinski definition) is 3. The molecule has 0 aliphatic heterocycles. The van der Waals surface area contributed by atoms with Crippen molar-refractivity contribution in [1.29, 1.82) is 0 Å². The van der Waals surface area contributed by atoms with Gasteiger partial charge in [0.15, 0.2) is 11.5 Å². The van der Waals surface area contributed by atoms with Crippen LogP contribution in [-0.4, -0.2) is 20.7 Å². The standard InChI is InChI=1S/C19H12F4N4O/c1-11(20)18(28)25-14-9-15-16(26-27(2)17(15)24-10-14)8-5-12-3-6-13(7-4-12)19(21,22)23/h3-4,6-7,9-10H,1H2,2H3,(H,25,28). The van der Waals surface area contributed by atoms with Gasteiger partial charge in [0.25, 0.3) is 5.91 Å². The van der Waals surface area contributed by atoms with Gasteiger partial charge in [-0.1, -0.05) is 12.5 Å². The van der Waals surface area contributed by atoms with Crippen LogP contribution in [0.5, 0.6) is 0 Å². The minimum absolute atomic E-state index is 0.224. The molecule has 0 bridgehead atoms. The molecule has 0 aliphatic carbocycles. The summed E-state index contributed by atoms with van der Waals surface area (Å²) >= 11 is 0. The molecule has 3 rings (SSSR count). The van der Waals surface area contributed by atoms with Gasteiger partial charge in [-0.2, -0.15) is 18.3 Å². The quantitative estimate of drug-likeness (QED) is 0.413. The van der Waals surface area contributed by atoms with Crippen LogP contribution in [0, 0.1) is 11.8 Å². The molecule has 2 heterocycles. The summed E-state index contributed by atoms with van der Waals surface area (Å²) in [5.74, 6) is 3.38. The molecule has 2 aromatic heterocycles. The molecule has 0 fully saturated rings. The number of halogens is 4. The van der Waals surface area contributed by atoms with Crippen LogP contribution in [0.1, 0.15) is 16.8 Å². The highest BCUT2D eigenvalue weighted by Crippen LogP contribution is 2.29. The Hall–Kier alpha value is -3.67. The van der Waals surface area contributed by atoms with Crippen molar-refractivity contribution >= 4 is 22.6 Å². The number of pyridine rings is 1. The van der Waals surface area contributed by atoms with Crippen molar-refractivity contribution < 1.29 is 22.4 Å². The molecule has 0 radical (unpaired) electrons. The summed E-state index contributed by atoms with van der Waals surface area (Å²) in [4.78, 5) is 15.6. The fourth-order valence-electron chi connectivity index (χ4n) is 2.37. The molecule has 1 aromatic carbocycles. The lowest BCUT2D eigenvalue weighted by molar-refractivity contribution is -0.137. The third kappa shape index (κ3) is 4.01. The lowest BCUT2D eigenvalue weighted by Gasteiger charge is -2.05. The molecule has 0 unspecified atom stereocenters. The van der Waals surface area contributed by atoms with Gasteiger partial charge in [0.1, 0.15) is 5.69 Å². The van der Waals surface area contributed by atoms with E-state index in [0.29, 0.717) is 22.3 Å². The largest absolute Gasteiger partial charge is 0.416 e. The number of carbonyl (C=O) groups is 1. The molecule has 0 spiro atoms. The van der Waals surface area contributed by atoms with Crippen LogP contribution in [0.3, 0.4) is 0 Å². The van der Waals surface area contributed by atoms with Crippen molar-refractivity contribution in [1.82, 2.24) is 14.8 Å². The van der Waals surface area contributed by atoms with E-state index in [9.17, 15) is 22.4 Å². The third-order valence-electron chi connectivity index (χ3n) is 3.72. The van der Waals surface area contributed by atoms with Gasteiger partial charge in [0.2, 0.25) is 0 Å². The van der Waals surface area contributed by atoms with Crippen LogP contribution in [0.25, 0.3) is 11.0 Å². The predicted molar refractivity (Wildman–Crippen MR) is 94.8 cm³/mol. The first-order valence-electron chi connectivity index (χ1n) is 7.83. The molecule has 3 aromatic rings. The minimum Gasteiger partial charge on any atom is -0.319 e. The molecule has 0 saturated carbocycles. The zero-order valence-electron chi connectivity index (χ0n) is 14.4. The molecule has 9 heteroatoms. The van der Waals surface area contributed by atoms with Crippen LogP contribution in [0.4, 0.5) is 23.2 Å². The number of carbonyl (C=O) groups excluding carboxylic acids is 1. The molecule has 1 amide bonds. The van der Waals surface area contributed by atoms with Crippen molar-refractivity contribution in [2.45, 2.75) is 6.18 Å². The summed E-state index contributed by atoms with van der Waals surface area (Å²) in [5, 5.41) is 7.00. The summed E-state index contributed by atoms with van der Waals surface area (Å²) < 4.78 is 52.2. The monoisotopic (exact) mass is 388 g/mol. The van der Waals surface area contributed by atoms with Crippen LogP contribution < -0.4 is 5.32 Å². The summed E-state index contributed by atoms with van der Waals surface area (Å²) in [5.41, 5.74) is 0.606. The number of nitrogens with zero attached hydrogens (tertiary/aromatic N) is 3. The predicted octanol–water partition coefficient (Wildman–Crippen LogP) is 3.81. The smallest absolute Gasteiger partial charge is 0.319 e. The maximum atomic E-state index is 12.9. The Balaban J connectivity index is 1.94. The second-order valence-corrected chi connectivity index (χ2v) is 5.75. The average molecular weight is 388 g/mol. The number of amides is 1. The zero-order valence-corrected chi connectivity index (χ0v) is 14.4. The fourth-order valence-corrected chi connectivity index (χ4v) is 2.37. The van der Waals surface area contributed by atoms with Gasteiger partial charge in [0, 0.05) is 12.6 Å². The van der Waals surface area contributed by atoms with Gasteiger partial charge in [-0.05, 0) is 36.3 Å². The van der Waals surface area contributed by atoms with Crippen LogP contribution >= 0.6 is 0 Å². The van der Waals surface area contributed by atoms with Gasteiger partial charge in [0.05, 0.1) is 22.8 Å². The van der Waals surface area contributed by atoms with Crippen molar-refractivity contribution in [3.63, 3.8) is 0 Å². The van der Waals surface area contributed by atoms with Crippen molar-refractivity contribution in [3.8, 4) is 11.8 Å². The summed E-state index contributed by atoms with van der Waals surface area (Å²) in [7, 11) is 1.64. The number of aromatic nitrogens is 3. The second kappa shape index (κ2) is 7.15. The highest BCUT2D eigenvalue weighted by molar-refractivity contribution is 6.02. The van der Waals surface area contributed by atoms with E-state index in [1.54, 1.807) is 7.05 Å². The molecule has 142 valence electrons. The molecule has 0 saturated heterocycles. The number of aryl methyl sites for hydroxylation is 1. The number of benzene rings is 1. The lowest BCUT2D eigenvalue weighted by Crippen LogP contribution is -2.11. The van der Waals surface area contributed by atoms with Gasteiger partial charge in [-0.15, -0.1) is 0 Å². The van der Waals surface area contributed by atoms with E-state index >= 15 is 0 Å². The van der Waals surface area contributed by atoms with E-state index in [2.05, 4.69) is 33.8 Å². The number of rotatable bonds is 2. The first-order valence-corrected chi connectivity index (χ1v) is 7.83. The Morgan fingerprint density at radius 2 is 1.89 bits per heavy atom. The van der Waals surface area contributed by atoms with E-state index in [0.717, 1.165) is 12.1 Å². The first-order chi connectivity index (χ1) is 13.1. The Bertz CT molecular complexity index is 1130. The van der Waals surface area contributed by atoms with E-state index in [-0.39, 0.29) is 5.69 Å². The van der Waals surface area contributed by atoms with Crippen LogP contribution in [0.15, 0.2) is 48.9 Å². The molecule has 0 atom stereocenters. The highest BCUT2D eigenvalue weighted by Gasteiger charge is 2.29. The van der Waals surface area contributed by atoms with Gasteiger partial charge in [-0.3, -0.25) is 4.79 Å². The molecule has 1 N–H and O–H groups in total. The van der Waals surface area contributed by atoms with E-state index in [4.69, 9.17) is 0 Å². The Labute approximate surface area is 156 Å². The third-order valence-corrected chi connectivity index (χ3v) is 3.72. The molecule has 28 heavy (non-hydrogen) atoms. The molecule has 5 nitrogen and oxygen atoms in total. The highest BCUT2D eigenvalue weighted by atomic mass is 19.4. The number of alkyl halides is 3. The zero-order chi connectivity index (χ0) is 20.5. The number of nitrogens with one attached hydrogen (secondary N) is 1. The first kappa shape index (κ1) is 19.1. The normalized spacial score (nSPS) is 11.0. The van der Waals surface area contributed by atoms with Gasteiger partial charge >= 0.3 is 6.18 Å². The SMILES string of the molecule is C=C(F)C(=O)Nc1cnc2c(c1)c(C#Cc1ccc(C(F)(F)F)cc1)nn2C. The van der Waals surface area contributed by atoms with E-state index in [1.807, 2.05) is 0 Å².